The SMILES string of the molecule is CC(C)(N=NC(C)(C)C(=O)NC1C=CC=CC1)C(=O)Nc1ccccc1. The van der Waals surface area contributed by atoms with Gasteiger partial charge in [0.15, 0.2) is 11.1 Å². The van der Waals surface area contributed by atoms with Gasteiger partial charge in [-0.25, -0.2) is 0 Å². The minimum atomic E-state index is -1.10. The van der Waals surface area contributed by atoms with Crippen molar-refractivity contribution in [2.75, 3.05) is 5.32 Å². The smallest absolute Gasteiger partial charge is 0.253 e. The largest absolute Gasteiger partial charge is 0.347 e. The molecule has 0 heterocycles. The molecule has 6 nitrogen and oxygen atoms in total. The molecule has 1 aliphatic carbocycles. The van der Waals surface area contributed by atoms with Crippen LogP contribution in [0.4, 0.5) is 5.69 Å². The Morgan fingerprint density at radius 3 is 2.15 bits per heavy atom. The van der Waals surface area contributed by atoms with Gasteiger partial charge in [0.05, 0.1) is 6.04 Å². The second-order valence-corrected chi connectivity index (χ2v) is 7.27. The van der Waals surface area contributed by atoms with E-state index in [1.54, 1.807) is 39.8 Å². The number of rotatable bonds is 6. The molecule has 138 valence electrons. The van der Waals surface area contributed by atoms with E-state index < -0.39 is 11.1 Å². The number of carbonyl (C=O) groups is 2. The van der Waals surface area contributed by atoms with Crippen LogP contribution in [0.25, 0.3) is 0 Å². The van der Waals surface area contributed by atoms with Gasteiger partial charge in [-0.1, -0.05) is 42.5 Å². The molecular weight excluding hydrogens is 328 g/mol. The summed E-state index contributed by atoms with van der Waals surface area (Å²) in [5.74, 6) is -0.519. The number of para-hydroxylation sites is 1. The molecular formula is C20H26N4O2. The third-order valence-corrected chi connectivity index (χ3v) is 3.99. The molecule has 1 aromatic rings. The lowest BCUT2D eigenvalue weighted by atomic mass is 10.0. The van der Waals surface area contributed by atoms with Gasteiger partial charge in [0, 0.05) is 5.69 Å². The number of hydrogen-bond acceptors (Lipinski definition) is 4. The van der Waals surface area contributed by atoms with Crippen molar-refractivity contribution in [2.45, 2.75) is 51.2 Å². The van der Waals surface area contributed by atoms with E-state index in [1.165, 1.54) is 0 Å². The summed E-state index contributed by atoms with van der Waals surface area (Å²) in [7, 11) is 0. The molecule has 0 spiro atoms. The number of carbonyl (C=O) groups excluding carboxylic acids is 2. The van der Waals surface area contributed by atoms with Crippen LogP contribution in [0.1, 0.15) is 34.1 Å². The first-order valence-corrected chi connectivity index (χ1v) is 8.65. The number of allylic oxidation sites excluding steroid dienone is 2. The molecule has 6 heteroatoms. The fraction of sp³-hybridized carbons (Fsp3) is 0.400. The van der Waals surface area contributed by atoms with Gasteiger partial charge in [0.2, 0.25) is 5.91 Å². The van der Waals surface area contributed by atoms with Crippen molar-refractivity contribution in [3.63, 3.8) is 0 Å². The maximum Gasteiger partial charge on any atom is 0.253 e. The summed E-state index contributed by atoms with van der Waals surface area (Å²) < 4.78 is 0. The Kier molecular flexibility index (Phi) is 6.08. The minimum absolute atomic E-state index is 0.0450. The highest BCUT2D eigenvalue weighted by Crippen LogP contribution is 2.19. The van der Waals surface area contributed by atoms with E-state index in [1.807, 2.05) is 42.5 Å². The van der Waals surface area contributed by atoms with Gasteiger partial charge in [-0.3, -0.25) is 9.59 Å². The van der Waals surface area contributed by atoms with E-state index >= 15 is 0 Å². The molecule has 1 unspecified atom stereocenters. The molecule has 1 aliphatic rings. The molecule has 0 bridgehead atoms. The Morgan fingerprint density at radius 2 is 1.58 bits per heavy atom. The molecule has 2 amide bonds. The van der Waals surface area contributed by atoms with E-state index in [9.17, 15) is 9.59 Å². The summed E-state index contributed by atoms with van der Waals surface area (Å²) in [6.07, 6.45) is 8.53. The van der Waals surface area contributed by atoms with Crippen LogP contribution in [0, 0.1) is 0 Å². The van der Waals surface area contributed by atoms with E-state index in [0.29, 0.717) is 5.69 Å². The molecule has 0 fully saturated rings. The fourth-order valence-corrected chi connectivity index (χ4v) is 2.18. The van der Waals surface area contributed by atoms with Crippen molar-refractivity contribution >= 4 is 17.5 Å². The molecule has 2 rings (SSSR count). The molecule has 1 aromatic carbocycles. The zero-order valence-corrected chi connectivity index (χ0v) is 15.7. The quantitative estimate of drug-likeness (QED) is 0.765. The summed E-state index contributed by atoms with van der Waals surface area (Å²) in [4.78, 5) is 24.9. The Balaban J connectivity index is 2.00. The molecule has 1 atom stereocenters. The zero-order valence-electron chi connectivity index (χ0n) is 15.7. The zero-order chi connectivity index (χ0) is 19.2. The summed E-state index contributed by atoms with van der Waals surface area (Å²) in [6.45, 7) is 6.69. The molecule has 0 radical (unpaired) electrons. The predicted octanol–water partition coefficient (Wildman–Crippen LogP) is 3.64. The van der Waals surface area contributed by atoms with Crippen LogP contribution < -0.4 is 10.6 Å². The summed E-state index contributed by atoms with van der Waals surface area (Å²) in [5, 5.41) is 14.1. The van der Waals surface area contributed by atoms with Crippen molar-refractivity contribution in [1.29, 1.82) is 0 Å². The third kappa shape index (κ3) is 5.37. The number of anilines is 1. The standard InChI is InChI=1S/C20H26N4O2/c1-19(2,17(25)21-15-11-7-5-8-12-15)23-24-20(3,4)18(26)22-16-13-9-6-10-14-16/h5-13,16H,14H2,1-4H3,(H,21,25)(H,22,26). The average Bonchev–Trinajstić information content (AvgIpc) is 2.62. The van der Waals surface area contributed by atoms with Crippen molar-refractivity contribution in [3.8, 4) is 0 Å². The molecule has 0 aliphatic heterocycles. The van der Waals surface area contributed by atoms with Crippen LogP contribution >= 0.6 is 0 Å². The van der Waals surface area contributed by atoms with E-state index in [2.05, 4.69) is 20.9 Å². The number of azo groups is 1. The Morgan fingerprint density at radius 1 is 0.962 bits per heavy atom. The first-order chi connectivity index (χ1) is 12.2. The third-order valence-electron chi connectivity index (χ3n) is 3.99. The van der Waals surface area contributed by atoms with Gasteiger partial charge in [-0.15, -0.1) is 0 Å². The van der Waals surface area contributed by atoms with Gasteiger partial charge in [-0.2, -0.15) is 10.2 Å². The Labute approximate surface area is 154 Å². The number of hydrogen-bond donors (Lipinski definition) is 2. The predicted molar refractivity (Wildman–Crippen MR) is 103 cm³/mol. The van der Waals surface area contributed by atoms with E-state index in [0.717, 1.165) is 6.42 Å². The van der Waals surface area contributed by atoms with Crippen molar-refractivity contribution in [1.82, 2.24) is 5.32 Å². The lowest BCUT2D eigenvalue weighted by Gasteiger charge is -2.24. The maximum atomic E-state index is 12.5. The highest BCUT2D eigenvalue weighted by atomic mass is 16.2. The van der Waals surface area contributed by atoms with Crippen LogP contribution in [-0.2, 0) is 9.59 Å². The Bertz CT molecular complexity index is 733. The van der Waals surface area contributed by atoms with Gasteiger partial charge in [0.25, 0.3) is 5.91 Å². The normalized spacial score (nSPS) is 17.3. The van der Waals surface area contributed by atoms with Crippen LogP contribution in [-0.4, -0.2) is 28.9 Å². The first kappa shape index (κ1) is 19.6. The second kappa shape index (κ2) is 8.08. The first-order valence-electron chi connectivity index (χ1n) is 8.65. The number of nitrogens with one attached hydrogen (secondary N) is 2. The highest BCUT2D eigenvalue weighted by molar-refractivity contribution is 5.97. The van der Waals surface area contributed by atoms with E-state index in [4.69, 9.17) is 0 Å². The Hall–Kier alpha value is -2.76. The fourth-order valence-electron chi connectivity index (χ4n) is 2.18. The van der Waals surface area contributed by atoms with Crippen molar-refractivity contribution < 1.29 is 9.59 Å². The number of benzene rings is 1. The van der Waals surface area contributed by atoms with Crippen LogP contribution in [0.3, 0.4) is 0 Å². The highest BCUT2D eigenvalue weighted by Gasteiger charge is 2.32. The van der Waals surface area contributed by atoms with Gasteiger partial charge in [-0.05, 0) is 46.2 Å². The number of nitrogens with zero attached hydrogens (tertiary/aromatic N) is 2. The van der Waals surface area contributed by atoms with Crippen LogP contribution in [0.5, 0.6) is 0 Å². The molecule has 0 aromatic heterocycles. The van der Waals surface area contributed by atoms with Crippen molar-refractivity contribution in [3.05, 3.63) is 54.6 Å². The maximum absolute atomic E-state index is 12.5. The van der Waals surface area contributed by atoms with Crippen LogP contribution in [0.2, 0.25) is 0 Å². The van der Waals surface area contributed by atoms with Crippen molar-refractivity contribution in [2.24, 2.45) is 10.2 Å². The van der Waals surface area contributed by atoms with Gasteiger partial charge < -0.3 is 10.6 Å². The van der Waals surface area contributed by atoms with Crippen LogP contribution in [0.15, 0.2) is 64.9 Å². The lowest BCUT2D eigenvalue weighted by molar-refractivity contribution is -0.126. The lowest BCUT2D eigenvalue weighted by Crippen LogP contribution is -2.45. The average molecular weight is 354 g/mol. The minimum Gasteiger partial charge on any atom is -0.347 e. The van der Waals surface area contributed by atoms with Gasteiger partial charge >= 0.3 is 0 Å². The topological polar surface area (TPSA) is 82.9 Å². The summed E-state index contributed by atoms with van der Waals surface area (Å²) in [6, 6.07) is 9.11. The molecule has 2 N–H and O–H groups in total. The van der Waals surface area contributed by atoms with Gasteiger partial charge in [0.1, 0.15) is 0 Å². The summed E-state index contributed by atoms with van der Waals surface area (Å²) >= 11 is 0. The second-order valence-electron chi connectivity index (χ2n) is 7.27. The molecule has 0 saturated heterocycles. The molecule has 0 saturated carbocycles. The number of amides is 2. The summed E-state index contributed by atoms with van der Waals surface area (Å²) in [5.41, 5.74) is -1.48. The van der Waals surface area contributed by atoms with E-state index in [-0.39, 0.29) is 17.9 Å². The molecule has 26 heavy (non-hydrogen) atoms. The monoisotopic (exact) mass is 354 g/mol.